The summed E-state index contributed by atoms with van der Waals surface area (Å²) in [6.45, 7) is 3.14. The second-order valence-electron chi connectivity index (χ2n) is 6.62. The first kappa shape index (κ1) is 22.8. The molecule has 2 fully saturated rings. The predicted molar refractivity (Wildman–Crippen MR) is 108 cm³/mol. The van der Waals surface area contributed by atoms with Crippen LogP contribution in [-0.4, -0.2) is 51.4 Å². The summed E-state index contributed by atoms with van der Waals surface area (Å²) in [7, 11) is 1.67. The average Bonchev–Trinajstić information content (AvgIpc) is 3.10. The number of ether oxygens (including phenoxy) is 2. The summed E-state index contributed by atoms with van der Waals surface area (Å²) in [5.41, 5.74) is 7.28. The fourth-order valence-corrected chi connectivity index (χ4v) is 3.51. The third kappa shape index (κ3) is 5.64. The fraction of sp³-hybridized carbons (Fsp3) is 0.611. The number of hydrogen-bond donors (Lipinski definition) is 2. The van der Waals surface area contributed by atoms with E-state index in [0.717, 1.165) is 43.8 Å². The van der Waals surface area contributed by atoms with Crippen LogP contribution in [0.4, 0.5) is 5.69 Å². The minimum atomic E-state index is -0.431. The Kier molecular flexibility index (Phi) is 9.50. The number of carbonyl (C=O) groups excluding carboxylic acids is 1. The van der Waals surface area contributed by atoms with Crippen LogP contribution in [0.2, 0.25) is 0 Å². The van der Waals surface area contributed by atoms with E-state index in [2.05, 4.69) is 16.3 Å². The molecule has 0 bridgehead atoms. The van der Waals surface area contributed by atoms with Crippen molar-refractivity contribution < 1.29 is 14.3 Å². The summed E-state index contributed by atoms with van der Waals surface area (Å²) in [6.07, 6.45) is 2.67. The largest absolute Gasteiger partial charge is 0.497 e. The van der Waals surface area contributed by atoms with Crippen LogP contribution < -0.4 is 20.7 Å². The number of hydrogen-bond acceptors (Lipinski definition) is 5. The molecule has 0 radical (unpaired) electrons. The summed E-state index contributed by atoms with van der Waals surface area (Å²) in [5, 5.41) is 3.13. The van der Waals surface area contributed by atoms with Crippen molar-refractivity contribution in [1.29, 1.82) is 0 Å². The molecule has 3 rings (SSSR count). The number of rotatable bonds is 5. The highest BCUT2D eigenvalue weighted by Gasteiger charge is 2.30. The van der Waals surface area contributed by atoms with Gasteiger partial charge in [-0.25, -0.2) is 0 Å². The molecule has 2 unspecified atom stereocenters. The van der Waals surface area contributed by atoms with Gasteiger partial charge in [0.2, 0.25) is 5.91 Å². The number of nitrogens with one attached hydrogen (secondary N) is 1. The van der Waals surface area contributed by atoms with Crippen molar-refractivity contribution in [3.63, 3.8) is 0 Å². The monoisotopic (exact) mass is 405 g/mol. The Balaban J connectivity index is 0.00000169. The lowest BCUT2D eigenvalue weighted by Gasteiger charge is -2.27. The molecular formula is C18H29Cl2N3O3. The van der Waals surface area contributed by atoms with Gasteiger partial charge in [-0.2, -0.15) is 0 Å². The standard InChI is InChI=1S/C18H27N3O3.2ClH/c1-23-16-4-2-3-15(11-16)21-8-5-14(12-21)20-18(22)17(19)13-6-9-24-10-7-13;;/h2-4,11,13-14,17H,5-10,12,19H2,1H3,(H,20,22);2*1H. The second-order valence-corrected chi connectivity index (χ2v) is 6.62. The maximum Gasteiger partial charge on any atom is 0.237 e. The SMILES string of the molecule is COc1cccc(N2CCC(NC(=O)C(N)C3CCOCC3)C2)c1.Cl.Cl. The molecule has 2 aliphatic heterocycles. The summed E-state index contributed by atoms with van der Waals surface area (Å²) >= 11 is 0. The zero-order valence-corrected chi connectivity index (χ0v) is 16.7. The lowest BCUT2D eigenvalue weighted by atomic mass is 9.91. The fourth-order valence-electron chi connectivity index (χ4n) is 3.51. The van der Waals surface area contributed by atoms with Crippen LogP contribution in [0.5, 0.6) is 5.75 Å². The molecule has 148 valence electrons. The molecule has 26 heavy (non-hydrogen) atoms. The number of amides is 1. The molecule has 0 aromatic heterocycles. The predicted octanol–water partition coefficient (Wildman–Crippen LogP) is 1.99. The Morgan fingerprint density at radius 3 is 2.73 bits per heavy atom. The summed E-state index contributed by atoms with van der Waals surface area (Å²) < 4.78 is 10.6. The molecule has 1 aromatic rings. The molecule has 2 aliphatic rings. The van der Waals surface area contributed by atoms with Gasteiger partial charge in [0.15, 0.2) is 0 Å². The second kappa shape index (κ2) is 10.8. The van der Waals surface area contributed by atoms with Crippen LogP contribution in [0.3, 0.4) is 0 Å². The molecule has 2 heterocycles. The lowest BCUT2D eigenvalue weighted by molar-refractivity contribution is -0.124. The van der Waals surface area contributed by atoms with E-state index < -0.39 is 6.04 Å². The van der Waals surface area contributed by atoms with Crippen LogP contribution in [0.15, 0.2) is 24.3 Å². The first-order valence-corrected chi connectivity index (χ1v) is 8.70. The van der Waals surface area contributed by atoms with E-state index in [1.807, 2.05) is 18.2 Å². The third-order valence-corrected chi connectivity index (χ3v) is 5.03. The van der Waals surface area contributed by atoms with E-state index in [1.165, 1.54) is 0 Å². The van der Waals surface area contributed by atoms with Gasteiger partial charge in [0.25, 0.3) is 0 Å². The summed E-state index contributed by atoms with van der Waals surface area (Å²) in [4.78, 5) is 14.7. The highest BCUT2D eigenvalue weighted by molar-refractivity contribution is 5.85. The number of nitrogens with zero attached hydrogens (tertiary/aromatic N) is 1. The smallest absolute Gasteiger partial charge is 0.237 e. The Bertz CT molecular complexity index is 570. The van der Waals surface area contributed by atoms with Gasteiger partial charge in [-0.05, 0) is 37.3 Å². The Hall–Kier alpha value is -1.21. The van der Waals surface area contributed by atoms with Crippen molar-refractivity contribution in [3.8, 4) is 5.75 Å². The molecule has 0 aliphatic carbocycles. The summed E-state index contributed by atoms with van der Waals surface area (Å²) in [5.74, 6) is 1.05. The Morgan fingerprint density at radius 1 is 1.31 bits per heavy atom. The number of halogens is 2. The maximum absolute atomic E-state index is 12.4. The summed E-state index contributed by atoms with van der Waals surface area (Å²) in [6, 6.07) is 7.74. The van der Waals surface area contributed by atoms with E-state index in [4.69, 9.17) is 15.2 Å². The molecule has 1 aromatic carbocycles. The van der Waals surface area contributed by atoms with Gasteiger partial charge in [-0.1, -0.05) is 6.07 Å². The first-order valence-electron chi connectivity index (χ1n) is 8.70. The van der Waals surface area contributed by atoms with Gasteiger partial charge in [-0.15, -0.1) is 24.8 Å². The van der Waals surface area contributed by atoms with E-state index in [1.54, 1.807) is 7.11 Å². The highest BCUT2D eigenvalue weighted by Crippen LogP contribution is 2.25. The molecule has 3 N–H and O–H groups in total. The van der Waals surface area contributed by atoms with Crippen molar-refractivity contribution in [2.45, 2.75) is 31.3 Å². The topological polar surface area (TPSA) is 76.8 Å². The molecule has 2 atom stereocenters. The highest BCUT2D eigenvalue weighted by atomic mass is 35.5. The van der Waals surface area contributed by atoms with Crippen molar-refractivity contribution in [2.75, 3.05) is 38.3 Å². The van der Waals surface area contributed by atoms with E-state index >= 15 is 0 Å². The lowest BCUT2D eigenvalue weighted by Crippen LogP contribution is -2.50. The normalized spacial score (nSPS) is 21.3. The Labute approximate surface area is 167 Å². The molecule has 1 amide bonds. The van der Waals surface area contributed by atoms with Gasteiger partial charge in [0, 0.05) is 44.1 Å². The van der Waals surface area contributed by atoms with Crippen LogP contribution in [0.25, 0.3) is 0 Å². The minimum Gasteiger partial charge on any atom is -0.497 e. The van der Waals surface area contributed by atoms with Gasteiger partial charge in [0.05, 0.1) is 13.2 Å². The van der Waals surface area contributed by atoms with E-state index in [9.17, 15) is 4.79 Å². The molecule has 2 saturated heterocycles. The van der Waals surface area contributed by atoms with Gasteiger partial charge in [-0.3, -0.25) is 4.79 Å². The van der Waals surface area contributed by atoms with Crippen molar-refractivity contribution >= 4 is 36.4 Å². The average molecular weight is 406 g/mol. The zero-order valence-electron chi connectivity index (χ0n) is 15.1. The van der Waals surface area contributed by atoms with Crippen LogP contribution in [0, 0.1) is 5.92 Å². The van der Waals surface area contributed by atoms with Crippen LogP contribution >= 0.6 is 24.8 Å². The van der Waals surface area contributed by atoms with E-state index in [0.29, 0.717) is 13.2 Å². The maximum atomic E-state index is 12.4. The van der Waals surface area contributed by atoms with Gasteiger partial charge >= 0.3 is 0 Å². The van der Waals surface area contributed by atoms with Crippen molar-refractivity contribution in [1.82, 2.24) is 5.32 Å². The number of benzene rings is 1. The van der Waals surface area contributed by atoms with E-state index in [-0.39, 0.29) is 42.7 Å². The molecule has 8 heteroatoms. The number of methoxy groups -OCH3 is 1. The van der Waals surface area contributed by atoms with Crippen molar-refractivity contribution in [2.24, 2.45) is 11.7 Å². The quantitative estimate of drug-likeness (QED) is 0.782. The molecule has 0 spiro atoms. The number of nitrogens with two attached hydrogens (primary N) is 1. The first-order chi connectivity index (χ1) is 11.7. The van der Waals surface area contributed by atoms with Gasteiger partial charge in [0.1, 0.15) is 5.75 Å². The molecular weight excluding hydrogens is 377 g/mol. The van der Waals surface area contributed by atoms with Gasteiger partial charge < -0.3 is 25.4 Å². The zero-order chi connectivity index (χ0) is 16.9. The molecule has 6 nitrogen and oxygen atoms in total. The third-order valence-electron chi connectivity index (χ3n) is 5.03. The Morgan fingerprint density at radius 2 is 2.04 bits per heavy atom. The van der Waals surface area contributed by atoms with Crippen LogP contribution in [0.1, 0.15) is 19.3 Å². The van der Waals surface area contributed by atoms with Crippen LogP contribution in [-0.2, 0) is 9.53 Å². The van der Waals surface area contributed by atoms with Crippen molar-refractivity contribution in [3.05, 3.63) is 24.3 Å². The number of anilines is 1. The molecule has 0 saturated carbocycles. The minimum absolute atomic E-state index is 0. The number of carbonyl (C=O) groups is 1.